The van der Waals surface area contributed by atoms with Crippen molar-refractivity contribution in [2.75, 3.05) is 19.8 Å². The molecule has 11 heteroatoms. The van der Waals surface area contributed by atoms with Gasteiger partial charge in [-0.25, -0.2) is 4.79 Å². The first-order chi connectivity index (χ1) is 22.1. The molecular weight excluding hydrogens is 576 g/mol. The summed E-state index contributed by atoms with van der Waals surface area (Å²) in [7, 11) is 0. The van der Waals surface area contributed by atoms with Crippen molar-refractivity contribution in [2.24, 2.45) is 5.11 Å². The highest BCUT2D eigenvalue weighted by Crippen LogP contribution is 2.35. The van der Waals surface area contributed by atoms with Gasteiger partial charge >= 0.3 is 6.09 Å². The molecule has 0 aliphatic carbocycles. The summed E-state index contributed by atoms with van der Waals surface area (Å²) in [4.78, 5) is 17.6. The van der Waals surface area contributed by atoms with Gasteiger partial charge in [-0.05, 0) is 29.5 Å². The van der Waals surface area contributed by atoms with Crippen molar-refractivity contribution >= 4 is 6.09 Å². The summed E-state index contributed by atoms with van der Waals surface area (Å²) in [6.07, 6.45) is -1.04. The zero-order chi connectivity index (χ0) is 31.3. The zero-order valence-corrected chi connectivity index (χ0v) is 25.2. The van der Waals surface area contributed by atoms with Crippen LogP contribution in [0.4, 0.5) is 4.79 Å². The maximum atomic E-state index is 13.0. The van der Waals surface area contributed by atoms with Crippen LogP contribution in [0, 0.1) is 0 Å². The molecule has 1 N–H and O–H groups in total. The monoisotopic (exact) mass is 616 g/mol. The number of rotatable bonds is 14. The fourth-order valence-corrected chi connectivity index (χ4v) is 5.48. The normalized spacial score (nSPS) is 24.2. The van der Waals surface area contributed by atoms with E-state index in [1.807, 2.05) is 91.0 Å². The van der Waals surface area contributed by atoms with Crippen LogP contribution in [0.5, 0.6) is 0 Å². The van der Waals surface area contributed by atoms with E-state index >= 15 is 0 Å². The SMILES string of the molecule is [N-]=[N+]=N[C@H]1C(O)[C@H]2OC(c3ccccc3)OCC2O[C@H]1OCCCCCCN(Cc1ccccc1)C(=O)OCc1ccccc1. The molecule has 1 amide bonds. The third-order valence-corrected chi connectivity index (χ3v) is 7.87. The average Bonchev–Trinajstić information content (AvgIpc) is 3.09. The number of aliphatic hydroxyl groups excluding tert-OH is 1. The van der Waals surface area contributed by atoms with Crippen LogP contribution in [0.25, 0.3) is 10.4 Å². The predicted molar refractivity (Wildman–Crippen MR) is 166 cm³/mol. The summed E-state index contributed by atoms with van der Waals surface area (Å²) in [6.45, 7) is 1.82. The van der Waals surface area contributed by atoms with E-state index in [0.717, 1.165) is 42.4 Å². The van der Waals surface area contributed by atoms with Gasteiger partial charge in [-0.3, -0.25) is 0 Å². The number of azide groups is 1. The molecule has 0 bridgehead atoms. The molecule has 2 aliphatic rings. The molecule has 3 unspecified atom stereocenters. The van der Waals surface area contributed by atoms with Crippen molar-refractivity contribution < 1.29 is 33.6 Å². The lowest BCUT2D eigenvalue weighted by molar-refractivity contribution is -0.341. The van der Waals surface area contributed by atoms with E-state index in [9.17, 15) is 9.90 Å². The third-order valence-electron chi connectivity index (χ3n) is 7.87. The lowest BCUT2D eigenvalue weighted by Crippen LogP contribution is -2.61. The number of nitrogens with zero attached hydrogens (tertiary/aromatic N) is 4. The quantitative estimate of drug-likeness (QED) is 0.0974. The molecule has 3 aromatic carbocycles. The van der Waals surface area contributed by atoms with Gasteiger partial charge in [-0.1, -0.05) is 109 Å². The lowest BCUT2D eigenvalue weighted by atomic mass is 9.96. The molecule has 0 saturated carbocycles. The first-order valence-electron chi connectivity index (χ1n) is 15.4. The first-order valence-corrected chi connectivity index (χ1v) is 15.4. The van der Waals surface area contributed by atoms with Crippen molar-refractivity contribution in [3.05, 3.63) is 118 Å². The van der Waals surface area contributed by atoms with E-state index in [0.29, 0.717) is 19.7 Å². The Morgan fingerprint density at radius 1 is 0.911 bits per heavy atom. The molecule has 2 heterocycles. The largest absolute Gasteiger partial charge is 0.445 e. The molecule has 2 fully saturated rings. The molecule has 3 aromatic rings. The van der Waals surface area contributed by atoms with Crippen LogP contribution in [0.15, 0.2) is 96.1 Å². The number of ether oxygens (including phenoxy) is 5. The maximum Gasteiger partial charge on any atom is 0.410 e. The van der Waals surface area contributed by atoms with E-state index in [4.69, 9.17) is 29.2 Å². The predicted octanol–water partition coefficient (Wildman–Crippen LogP) is 6.28. The molecule has 11 nitrogen and oxygen atoms in total. The maximum absolute atomic E-state index is 13.0. The van der Waals surface area contributed by atoms with Crippen LogP contribution in [0.3, 0.4) is 0 Å². The Bertz CT molecular complexity index is 1360. The van der Waals surface area contributed by atoms with Gasteiger partial charge in [0, 0.05) is 30.2 Å². The van der Waals surface area contributed by atoms with E-state index in [-0.39, 0.29) is 19.3 Å². The Morgan fingerprint density at radius 2 is 1.58 bits per heavy atom. The van der Waals surface area contributed by atoms with Gasteiger partial charge in [0.1, 0.15) is 24.9 Å². The van der Waals surface area contributed by atoms with E-state index in [1.165, 1.54) is 0 Å². The van der Waals surface area contributed by atoms with Crippen molar-refractivity contribution in [2.45, 2.75) is 75.8 Å². The molecule has 6 atom stereocenters. The second-order valence-electron chi connectivity index (χ2n) is 11.1. The summed E-state index contributed by atoms with van der Waals surface area (Å²) < 4.78 is 29.5. The molecule has 0 aromatic heterocycles. The summed E-state index contributed by atoms with van der Waals surface area (Å²) in [5.41, 5.74) is 12.0. The minimum atomic E-state index is -1.11. The number of fused-ring (bicyclic) bond motifs is 1. The summed E-state index contributed by atoms with van der Waals surface area (Å²) >= 11 is 0. The van der Waals surface area contributed by atoms with Crippen molar-refractivity contribution in [3.63, 3.8) is 0 Å². The summed E-state index contributed by atoms with van der Waals surface area (Å²) in [5, 5.41) is 14.8. The minimum absolute atomic E-state index is 0.206. The fraction of sp³-hybridized carbons (Fsp3) is 0.441. The highest BCUT2D eigenvalue weighted by atomic mass is 16.7. The third kappa shape index (κ3) is 9.27. The van der Waals surface area contributed by atoms with Gasteiger partial charge in [-0.15, -0.1) is 0 Å². The number of hydrogen-bond acceptors (Lipinski definition) is 8. The molecule has 2 saturated heterocycles. The number of amides is 1. The molecule has 0 spiro atoms. The topological polar surface area (TPSA) is 135 Å². The van der Waals surface area contributed by atoms with E-state index < -0.39 is 36.9 Å². The van der Waals surface area contributed by atoms with Gasteiger partial charge in [-0.2, -0.15) is 0 Å². The number of unbranched alkanes of at least 4 members (excludes halogenated alkanes) is 3. The Morgan fingerprint density at radius 3 is 2.29 bits per heavy atom. The molecule has 0 radical (unpaired) electrons. The van der Waals surface area contributed by atoms with E-state index in [1.54, 1.807) is 4.90 Å². The van der Waals surface area contributed by atoms with Crippen molar-refractivity contribution in [3.8, 4) is 0 Å². The Kier molecular flexibility index (Phi) is 12.2. The minimum Gasteiger partial charge on any atom is -0.445 e. The number of carbonyl (C=O) groups excluding carboxylic acids is 1. The highest BCUT2D eigenvalue weighted by molar-refractivity contribution is 5.67. The number of carbonyl (C=O) groups is 1. The van der Waals surface area contributed by atoms with Crippen LogP contribution in [-0.4, -0.2) is 66.5 Å². The summed E-state index contributed by atoms with van der Waals surface area (Å²) in [6, 6.07) is 28.0. The number of benzene rings is 3. The fourth-order valence-electron chi connectivity index (χ4n) is 5.48. The number of aliphatic hydroxyl groups is 1. The standard InChI is InChI=1S/C34H40N4O7/c35-37-36-29-30(39)31-28(24-42-32(45-31)27-18-10-5-11-19-27)44-33(29)41-21-13-2-1-12-20-38(22-25-14-6-3-7-15-25)34(40)43-23-26-16-8-4-9-17-26/h3-11,14-19,28-33,39H,1-2,12-13,20-24H2/t28?,29-,30?,31-,32?,33+/m0/s1. The summed E-state index contributed by atoms with van der Waals surface area (Å²) in [5.74, 6) is 0. The smallest absolute Gasteiger partial charge is 0.410 e. The number of hydrogen-bond donors (Lipinski definition) is 1. The Hall–Kier alpha value is -3.96. The van der Waals surface area contributed by atoms with Crippen molar-refractivity contribution in [1.29, 1.82) is 0 Å². The van der Waals surface area contributed by atoms with Crippen LogP contribution in [-0.2, 0) is 36.8 Å². The average molecular weight is 617 g/mol. The highest BCUT2D eigenvalue weighted by Gasteiger charge is 2.49. The van der Waals surface area contributed by atoms with Gasteiger partial charge in [0.2, 0.25) is 0 Å². The van der Waals surface area contributed by atoms with Crippen molar-refractivity contribution in [1.82, 2.24) is 4.90 Å². The van der Waals surface area contributed by atoms with E-state index in [2.05, 4.69) is 10.0 Å². The molecule has 2 aliphatic heterocycles. The zero-order valence-electron chi connectivity index (χ0n) is 25.2. The van der Waals surface area contributed by atoms with Gasteiger partial charge in [0.05, 0.1) is 12.7 Å². The van der Waals surface area contributed by atoms with Gasteiger partial charge < -0.3 is 33.7 Å². The van der Waals surface area contributed by atoms with Crippen LogP contribution >= 0.6 is 0 Å². The van der Waals surface area contributed by atoms with Gasteiger partial charge in [0.15, 0.2) is 12.6 Å². The first kappa shape index (κ1) is 32.4. The Balaban J connectivity index is 1.06. The second kappa shape index (κ2) is 16.9. The second-order valence-corrected chi connectivity index (χ2v) is 11.1. The van der Waals surface area contributed by atoms with Crippen LogP contribution < -0.4 is 0 Å². The Labute approximate surface area is 263 Å². The lowest BCUT2D eigenvalue weighted by Gasteiger charge is -2.46. The van der Waals surface area contributed by atoms with Gasteiger partial charge in [0.25, 0.3) is 0 Å². The molecule has 238 valence electrons. The molecule has 5 rings (SSSR count). The van der Waals surface area contributed by atoms with Crippen LogP contribution in [0.1, 0.15) is 48.7 Å². The molecule has 45 heavy (non-hydrogen) atoms. The molecular formula is C34H40N4O7. The van der Waals surface area contributed by atoms with Crippen LogP contribution in [0.2, 0.25) is 0 Å².